The normalized spacial score (nSPS) is 11.1. The van der Waals surface area contributed by atoms with Gasteiger partial charge in [0.1, 0.15) is 5.52 Å². The molecule has 6 nitrogen and oxygen atoms in total. The fraction of sp³-hybridized carbons (Fsp3) is 0. The summed E-state index contributed by atoms with van der Waals surface area (Å²) in [7, 11) is 0. The van der Waals surface area contributed by atoms with Gasteiger partial charge in [0, 0.05) is 0 Å². The highest BCUT2D eigenvalue weighted by Crippen LogP contribution is 2.13. The van der Waals surface area contributed by atoms with Crippen molar-refractivity contribution in [2.24, 2.45) is 0 Å². The number of aromatic carboxylic acids is 1. The summed E-state index contributed by atoms with van der Waals surface area (Å²) < 4.78 is 1.49. The fourth-order valence-electron chi connectivity index (χ4n) is 1.81. The average Bonchev–Trinajstić information content (AvgIpc) is 2.78. The van der Waals surface area contributed by atoms with Crippen LogP contribution in [0.4, 0.5) is 0 Å². The number of carbonyl (C=O) groups is 1. The second kappa shape index (κ2) is 3.18. The van der Waals surface area contributed by atoms with E-state index in [0.29, 0.717) is 16.6 Å². The molecule has 0 bridgehead atoms. The number of aromatic nitrogens is 3. The van der Waals surface area contributed by atoms with Crippen molar-refractivity contribution in [3.63, 3.8) is 0 Å². The Balaban J connectivity index is 2.50. The van der Waals surface area contributed by atoms with E-state index in [-0.39, 0.29) is 11.1 Å². The lowest BCUT2D eigenvalue weighted by atomic mass is 10.2. The van der Waals surface area contributed by atoms with E-state index in [4.69, 9.17) is 5.11 Å². The van der Waals surface area contributed by atoms with Crippen molar-refractivity contribution < 1.29 is 9.90 Å². The second-order valence-corrected chi connectivity index (χ2v) is 3.62. The molecule has 0 saturated carbocycles. The van der Waals surface area contributed by atoms with E-state index in [1.165, 1.54) is 22.8 Å². The van der Waals surface area contributed by atoms with Crippen molar-refractivity contribution in [3.05, 3.63) is 46.4 Å². The molecule has 0 unspecified atom stereocenters. The van der Waals surface area contributed by atoms with Crippen LogP contribution in [0.15, 0.2) is 35.3 Å². The fourth-order valence-corrected chi connectivity index (χ4v) is 1.81. The number of benzene rings is 1. The number of aromatic amines is 1. The highest BCUT2D eigenvalue weighted by Gasteiger charge is 2.08. The zero-order valence-corrected chi connectivity index (χ0v) is 8.54. The molecule has 0 fully saturated rings. The Morgan fingerprint density at radius 2 is 2.12 bits per heavy atom. The van der Waals surface area contributed by atoms with Gasteiger partial charge in [-0.1, -0.05) is 0 Å². The van der Waals surface area contributed by atoms with Crippen LogP contribution in [-0.2, 0) is 0 Å². The molecule has 0 saturated heterocycles. The maximum absolute atomic E-state index is 11.7. The smallest absolute Gasteiger partial charge is 0.335 e. The van der Waals surface area contributed by atoms with Crippen LogP contribution >= 0.6 is 0 Å². The molecule has 0 spiro atoms. The van der Waals surface area contributed by atoms with E-state index in [1.54, 1.807) is 12.1 Å². The number of H-pyrrole nitrogens is 1. The van der Waals surface area contributed by atoms with Crippen LogP contribution in [0.3, 0.4) is 0 Å². The average molecular weight is 229 g/mol. The van der Waals surface area contributed by atoms with Gasteiger partial charge in [-0.3, -0.25) is 4.79 Å². The Hall–Kier alpha value is -2.63. The lowest BCUT2D eigenvalue weighted by molar-refractivity contribution is 0.0697. The third-order valence-corrected chi connectivity index (χ3v) is 2.60. The number of nitrogens with zero attached hydrogens (tertiary/aromatic N) is 2. The molecule has 84 valence electrons. The minimum atomic E-state index is -1.03. The number of hydrogen-bond acceptors (Lipinski definition) is 3. The summed E-state index contributed by atoms with van der Waals surface area (Å²) in [6, 6.07) is 6.11. The molecule has 17 heavy (non-hydrogen) atoms. The van der Waals surface area contributed by atoms with Gasteiger partial charge in [0.15, 0.2) is 0 Å². The first-order valence-corrected chi connectivity index (χ1v) is 4.90. The summed E-state index contributed by atoms with van der Waals surface area (Å²) >= 11 is 0. The van der Waals surface area contributed by atoms with Gasteiger partial charge in [-0.05, 0) is 24.3 Å². The molecule has 6 heteroatoms. The molecule has 2 aromatic heterocycles. The van der Waals surface area contributed by atoms with Crippen LogP contribution in [-0.4, -0.2) is 25.7 Å². The molecule has 3 rings (SSSR count). The molecule has 3 aromatic rings. The van der Waals surface area contributed by atoms with Crippen LogP contribution in [0.1, 0.15) is 10.4 Å². The van der Waals surface area contributed by atoms with Gasteiger partial charge in [0.2, 0.25) is 0 Å². The van der Waals surface area contributed by atoms with Crippen molar-refractivity contribution in [3.8, 4) is 0 Å². The first-order chi connectivity index (χ1) is 8.16. The zero-order chi connectivity index (χ0) is 12.0. The van der Waals surface area contributed by atoms with Crippen molar-refractivity contribution in [2.75, 3.05) is 0 Å². The summed E-state index contributed by atoms with van der Waals surface area (Å²) in [6.07, 6.45) is 1.52. The van der Waals surface area contributed by atoms with Gasteiger partial charge in [0.05, 0.1) is 22.8 Å². The van der Waals surface area contributed by atoms with E-state index in [2.05, 4.69) is 10.1 Å². The topological polar surface area (TPSA) is 87.5 Å². The molecule has 2 heterocycles. The second-order valence-electron chi connectivity index (χ2n) is 3.62. The molecule has 0 aliphatic rings. The third kappa shape index (κ3) is 1.31. The van der Waals surface area contributed by atoms with E-state index < -0.39 is 5.97 Å². The van der Waals surface area contributed by atoms with Crippen LogP contribution in [0, 0.1) is 0 Å². The largest absolute Gasteiger partial charge is 0.478 e. The molecular formula is C11H7N3O3. The summed E-state index contributed by atoms with van der Waals surface area (Å²) in [5.41, 5.74) is 1.37. The van der Waals surface area contributed by atoms with Crippen LogP contribution in [0.2, 0.25) is 0 Å². The Morgan fingerprint density at radius 3 is 2.88 bits per heavy atom. The standard InChI is InChI=1S/C11H7N3O3/c15-10-9-3-4-12-14(9)8-2-1-6(11(16)17)5-7(8)13-10/h1-5H,(H,13,15)(H,16,17). The Labute approximate surface area is 94.1 Å². The molecule has 0 radical (unpaired) electrons. The van der Waals surface area contributed by atoms with Gasteiger partial charge >= 0.3 is 5.97 Å². The van der Waals surface area contributed by atoms with Crippen LogP contribution in [0.25, 0.3) is 16.6 Å². The molecule has 2 N–H and O–H groups in total. The van der Waals surface area contributed by atoms with Gasteiger partial charge < -0.3 is 10.1 Å². The van der Waals surface area contributed by atoms with Crippen molar-refractivity contribution in [1.82, 2.24) is 14.6 Å². The highest BCUT2D eigenvalue weighted by molar-refractivity contribution is 5.92. The number of rotatable bonds is 1. The lowest BCUT2D eigenvalue weighted by Gasteiger charge is -2.02. The van der Waals surface area contributed by atoms with Crippen molar-refractivity contribution in [2.45, 2.75) is 0 Å². The Morgan fingerprint density at radius 1 is 1.29 bits per heavy atom. The molecule has 0 atom stereocenters. The first kappa shape index (κ1) is 9.59. The minimum Gasteiger partial charge on any atom is -0.478 e. The zero-order valence-electron chi connectivity index (χ0n) is 8.54. The molecule has 1 aromatic carbocycles. The number of nitrogens with one attached hydrogen (secondary N) is 1. The quantitative estimate of drug-likeness (QED) is 0.648. The molecule has 0 amide bonds. The van der Waals surface area contributed by atoms with Crippen molar-refractivity contribution >= 4 is 22.5 Å². The predicted molar refractivity (Wildman–Crippen MR) is 60.3 cm³/mol. The predicted octanol–water partition coefficient (Wildman–Crippen LogP) is 0.874. The number of fused-ring (bicyclic) bond motifs is 3. The summed E-state index contributed by atoms with van der Waals surface area (Å²) in [5.74, 6) is -1.03. The lowest BCUT2D eigenvalue weighted by Crippen LogP contribution is -2.11. The minimum absolute atomic E-state index is 0.125. The Kier molecular flexibility index (Phi) is 1.79. The number of carboxylic acid groups (broad SMARTS) is 1. The van der Waals surface area contributed by atoms with Gasteiger partial charge in [-0.25, -0.2) is 9.31 Å². The van der Waals surface area contributed by atoms with E-state index in [9.17, 15) is 9.59 Å². The van der Waals surface area contributed by atoms with Gasteiger partial charge in [-0.2, -0.15) is 5.10 Å². The van der Waals surface area contributed by atoms with E-state index in [0.717, 1.165) is 0 Å². The SMILES string of the molecule is O=C(O)c1ccc2c(c1)[nH]c(=O)c1ccnn12. The van der Waals surface area contributed by atoms with Crippen LogP contribution < -0.4 is 5.56 Å². The van der Waals surface area contributed by atoms with Gasteiger partial charge in [-0.15, -0.1) is 0 Å². The van der Waals surface area contributed by atoms with Gasteiger partial charge in [0.25, 0.3) is 5.56 Å². The highest BCUT2D eigenvalue weighted by atomic mass is 16.4. The van der Waals surface area contributed by atoms with Crippen LogP contribution in [0.5, 0.6) is 0 Å². The summed E-state index contributed by atoms with van der Waals surface area (Å²) in [6.45, 7) is 0. The number of hydrogen-bond donors (Lipinski definition) is 2. The molecule has 0 aliphatic carbocycles. The van der Waals surface area contributed by atoms with E-state index in [1.807, 2.05) is 0 Å². The monoisotopic (exact) mass is 229 g/mol. The molecular weight excluding hydrogens is 222 g/mol. The summed E-state index contributed by atoms with van der Waals surface area (Å²) in [4.78, 5) is 25.1. The van der Waals surface area contributed by atoms with Crippen molar-refractivity contribution in [1.29, 1.82) is 0 Å². The Bertz CT molecular complexity index is 800. The summed E-state index contributed by atoms with van der Waals surface area (Å²) in [5, 5.41) is 12.9. The van der Waals surface area contributed by atoms with E-state index >= 15 is 0 Å². The third-order valence-electron chi connectivity index (χ3n) is 2.60. The molecule has 0 aliphatic heterocycles. The maximum Gasteiger partial charge on any atom is 0.335 e. The number of carboxylic acids is 1. The maximum atomic E-state index is 11.7. The first-order valence-electron chi connectivity index (χ1n) is 4.90.